The van der Waals surface area contributed by atoms with E-state index in [9.17, 15) is 4.79 Å². The summed E-state index contributed by atoms with van der Waals surface area (Å²) in [5.74, 6) is 0. The first-order chi connectivity index (χ1) is 11.7. The topological polar surface area (TPSA) is 59.5 Å². The monoisotopic (exact) mass is 358 g/mol. The maximum Gasteiger partial charge on any atom is 0.336 e. The molecule has 0 aliphatic heterocycles. The third-order valence-corrected chi connectivity index (χ3v) is 4.07. The van der Waals surface area contributed by atoms with Crippen molar-refractivity contribution in [3.8, 4) is 0 Å². The van der Waals surface area contributed by atoms with Crippen molar-refractivity contribution in [1.29, 1.82) is 0 Å². The number of hydrogen-bond acceptors (Lipinski definition) is 4. The van der Waals surface area contributed by atoms with Crippen molar-refractivity contribution in [2.45, 2.75) is 20.0 Å². The Morgan fingerprint density at radius 3 is 2.52 bits per heavy atom. The summed E-state index contributed by atoms with van der Waals surface area (Å²) < 4.78 is 5.34. The second kappa shape index (κ2) is 8.81. The van der Waals surface area contributed by atoms with Crippen LogP contribution in [0.3, 0.4) is 0 Å². The largest absolute Gasteiger partial charge is 0.423 e. The van der Waals surface area contributed by atoms with Gasteiger partial charge in [-0.1, -0.05) is 42.5 Å². The zero-order valence-corrected chi connectivity index (χ0v) is 15.1. The van der Waals surface area contributed by atoms with Crippen LogP contribution in [0.5, 0.6) is 0 Å². The number of halogens is 1. The molecule has 3 rings (SSSR count). The molecule has 0 saturated carbocycles. The summed E-state index contributed by atoms with van der Waals surface area (Å²) in [5.41, 5.74) is 9.39. The van der Waals surface area contributed by atoms with Crippen LogP contribution in [-0.4, -0.2) is 18.0 Å². The summed E-state index contributed by atoms with van der Waals surface area (Å²) in [7, 11) is 0. The molecular formula is C20H23ClN2O2. The zero-order chi connectivity index (χ0) is 16.9. The standard InChI is InChI=1S/C20H22N2O2.ClH/c1-15-7-8-18-17(12-20(23)24-19(18)11-15)14-22(10-9-21)13-16-5-3-2-4-6-16;/h2-8,11-12H,9-10,13-14,21H2,1H3;1H. The average Bonchev–Trinajstić information content (AvgIpc) is 2.55. The molecule has 0 aliphatic rings. The first-order valence-electron chi connectivity index (χ1n) is 8.15. The molecule has 1 heterocycles. The third kappa shape index (κ3) is 4.92. The zero-order valence-electron chi connectivity index (χ0n) is 14.3. The van der Waals surface area contributed by atoms with Crippen LogP contribution in [0.2, 0.25) is 0 Å². The fraction of sp³-hybridized carbons (Fsp3) is 0.250. The van der Waals surface area contributed by atoms with Gasteiger partial charge in [0, 0.05) is 37.6 Å². The van der Waals surface area contributed by atoms with Crippen molar-refractivity contribution < 1.29 is 4.42 Å². The molecule has 0 atom stereocenters. The minimum absolute atomic E-state index is 0. The molecule has 0 saturated heterocycles. The molecule has 3 aromatic rings. The number of fused-ring (bicyclic) bond motifs is 1. The van der Waals surface area contributed by atoms with Gasteiger partial charge in [0.2, 0.25) is 0 Å². The third-order valence-electron chi connectivity index (χ3n) is 4.07. The van der Waals surface area contributed by atoms with Gasteiger partial charge in [-0.05, 0) is 29.7 Å². The van der Waals surface area contributed by atoms with Gasteiger partial charge in [-0.3, -0.25) is 4.90 Å². The Kier molecular flexibility index (Phi) is 6.76. The van der Waals surface area contributed by atoms with Crippen molar-refractivity contribution in [2.24, 2.45) is 5.73 Å². The van der Waals surface area contributed by atoms with Crippen LogP contribution >= 0.6 is 12.4 Å². The van der Waals surface area contributed by atoms with Crippen LogP contribution < -0.4 is 11.4 Å². The van der Waals surface area contributed by atoms with Crippen molar-refractivity contribution in [2.75, 3.05) is 13.1 Å². The van der Waals surface area contributed by atoms with Gasteiger partial charge in [-0.15, -0.1) is 12.4 Å². The SMILES string of the molecule is Cc1ccc2c(CN(CCN)Cc3ccccc3)cc(=O)oc2c1.Cl. The van der Waals surface area contributed by atoms with Crippen LogP contribution in [0.1, 0.15) is 16.7 Å². The molecule has 2 aromatic carbocycles. The summed E-state index contributed by atoms with van der Waals surface area (Å²) in [6.07, 6.45) is 0. The van der Waals surface area contributed by atoms with Gasteiger partial charge < -0.3 is 10.2 Å². The molecule has 1 aromatic heterocycles. The summed E-state index contributed by atoms with van der Waals surface area (Å²) in [4.78, 5) is 14.2. The van der Waals surface area contributed by atoms with Crippen LogP contribution in [0.25, 0.3) is 11.0 Å². The molecule has 132 valence electrons. The Morgan fingerprint density at radius 2 is 1.80 bits per heavy atom. The maximum atomic E-state index is 11.9. The molecule has 25 heavy (non-hydrogen) atoms. The number of hydrogen-bond donors (Lipinski definition) is 1. The van der Waals surface area contributed by atoms with Gasteiger partial charge in [-0.2, -0.15) is 0 Å². The van der Waals surface area contributed by atoms with Gasteiger partial charge in [-0.25, -0.2) is 4.79 Å². The van der Waals surface area contributed by atoms with E-state index in [1.165, 1.54) is 5.56 Å². The van der Waals surface area contributed by atoms with E-state index in [1.54, 1.807) is 6.07 Å². The lowest BCUT2D eigenvalue weighted by Gasteiger charge is -2.22. The maximum absolute atomic E-state index is 11.9. The van der Waals surface area contributed by atoms with Crippen molar-refractivity contribution in [3.63, 3.8) is 0 Å². The Hall–Kier alpha value is -2.14. The van der Waals surface area contributed by atoms with Gasteiger partial charge in [0.05, 0.1) is 0 Å². The smallest absolute Gasteiger partial charge is 0.336 e. The predicted octanol–water partition coefficient (Wildman–Crippen LogP) is 3.48. The molecule has 0 unspecified atom stereocenters. The summed E-state index contributed by atoms with van der Waals surface area (Å²) in [5, 5.41) is 0.982. The number of aryl methyl sites for hydroxylation is 1. The van der Waals surface area contributed by atoms with Gasteiger partial charge in [0.1, 0.15) is 5.58 Å². The molecule has 0 amide bonds. The first-order valence-corrected chi connectivity index (χ1v) is 8.15. The number of benzene rings is 2. The van der Waals surface area contributed by atoms with Crippen LogP contribution in [0.15, 0.2) is 63.8 Å². The van der Waals surface area contributed by atoms with Crippen molar-refractivity contribution in [3.05, 3.63) is 81.7 Å². The van der Waals surface area contributed by atoms with Crippen LogP contribution in [0, 0.1) is 6.92 Å². The Morgan fingerprint density at radius 1 is 1.04 bits per heavy atom. The molecule has 0 radical (unpaired) electrons. The molecule has 0 aliphatic carbocycles. The van der Waals surface area contributed by atoms with E-state index in [4.69, 9.17) is 10.2 Å². The highest BCUT2D eigenvalue weighted by molar-refractivity contribution is 5.85. The second-order valence-electron chi connectivity index (χ2n) is 6.08. The van der Waals surface area contributed by atoms with Crippen LogP contribution in [-0.2, 0) is 13.1 Å². The fourth-order valence-electron chi connectivity index (χ4n) is 2.95. The Labute approximate surface area is 153 Å². The number of nitrogens with zero attached hydrogens (tertiary/aromatic N) is 1. The Bertz CT molecular complexity index is 878. The van der Waals surface area contributed by atoms with E-state index in [0.717, 1.165) is 29.6 Å². The number of nitrogens with two attached hydrogens (primary N) is 1. The summed E-state index contributed by atoms with van der Waals surface area (Å²) in [6.45, 7) is 4.79. The highest BCUT2D eigenvalue weighted by Gasteiger charge is 2.11. The minimum Gasteiger partial charge on any atom is -0.423 e. The average molecular weight is 359 g/mol. The molecule has 5 heteroatoms. The minimum atomic E-state index is -0.310. The van der Waals surface area contributed by atoms with Crippen LogP contribution in [0.4, 0.5) is 0 Å². The quantitative estimate of drug-likeness (QED) is 0.685. The molecule has 2 N–H and O–H groups in total. The Balaban J connectivity index is 0.00000225. The summed E-state index contributed by atoms with van der Waals surface area (Å²) in [6, 6.07) is 17.8. The van der Waals surface area contributed by atoms with E-state index in [2.05, 4.69) is 17.0 Å². The lowest BCUT2D eigenvalue weighted by atomic mass is 10.1. The van der Waals surface area contributed by atoms with E-state index in [1.807, 2.05) is 43.3 Å². The van der Waals surface area contributed by atoms with Gasteiger partial charge in [0.15, 0.2) is 0 Å². The molecule has 0 spiro atoms. The highest BCUT2D eigenvalue weighted by Crippen LogP contribution is 2.20. The fourth-order valence-corrected chi connectivity index (χ4v) is 2.95. The normalized spacial score (nSPS) is 10.8. The highest BCUT2D eigenvalue weighted by atomic mass is 35.5. The predicted molar refractivity (Wildman–Crippen MR) is 104 cm³/mol. The first kappa shape index (κ1) is 19.2. The lowest BCUT2D eigenvalue weighted by Crippen LogP contribution is -2.29. The molecular weight excluding hydrogens is 336 g/mol. The lowest BCUT2D eigenvalue weighted by molar-refractivity contribution is 0.265. The molecule has 4 nitrogen and oxygen atoms in total. The van der Waals surface area contributed by atoms with Gasteiger partial charge >= 0.3 is 5.63 Å². The summed E-state index contributed by atoms with van der Waals surface area (Å²) >= 11 is 0. The number of rotatable bonds is 6. The molecule has 0 bridgehead atoms. The van der Waals surface area contributed by atoms with E-state index in [-0.39, 0.29) is 18.0 Å². The second-order valence-corrected chi connectivity index (χ2v) is 6.08. The van der Waals surface area contributed by atoms with E-state index in [0.29, 0.717) is 18.7 Å². The van der Waals surface area contributed by atoms with Gasteiger partial charge in [0.25, 0.3) is 0 Å². The van der Waals surface area contributed by atoms with Crippen molar-refractivity contribution >= 4 is 23.4 Å². The van der Waals surface area contributed by atoms with E-state index >= 15 is 0 Å². The molecule has 0 fully saturated rings. The van der Waals surface area contributed by atoms with E-state index < -0.39 is 0 Å². The van der Waals surface area contributed by atoms with Crippen molar-refractivity contribution in [1.82, 2.24) is 4.90 Å².